The van der Waals surface area contributed by atoms with Crippen molar-refractivity contribution in [1.29, 1.82) is 0 Å². The summed E-state index contributed by atoms with van der Waals surface area (Å²) in [5.41, 5.74) is 1.85. The van der Waals surface area contributed by atoms with Gasteiger partial charge in [-0.1, -0.05) is 25.3 Å². The van der Waals surface area contributed by atoms with Gasteiger partial charge in [0.05, 0.1) is 4.92 Å². The third kappa shape index (κ3) is 4.13. The molecule has 0 aromatic heterocycles. The van der Waals surface area contributed by atoms with Crippen molar-refractivity contribution in [3.8, 4) is 0 Å². The fraction of sp³-hybridized carbons (Fsp3) is 0.600. The maximum atomic E-state index is 11.1. The van der Waals surface area contributed by atoms with Crippen molar-refractivity contribution in [3.63, 3.8) is 0 Å². The third-order valence-electron chi connectivity index (χ3n) is 3.66. The van der Waals surface area contributed by atoms with E-state index in [-0.39, 0.29) is 10.6 Å². The zero-order valence-corrected chi connectivity index (χ0v) is 12.7. The highest BCUT2D eigenvalue weighted by Gasteiger charge is 2.16. The number of benzene rings is 1. The summed E-state index contributed by atoms with van der Waals surface area (Å²) in [6.07, 6.45) is 6.61. The molecule has 0 spiro atoms. The van der Waals surface area contributed by atoms with Gasteiger partial charge in [-0.25, -0.2) is 0 Å². The Morgan fingerprint density at radius 2 is 2.10 bits per heavy atom. The van der Waals surface area contributed by atoms with Gasteiger partial charge in [0.1, 0.15) is 5.69 Å². The molecule has 0 amide bonds. The number of thioether (sulfide) groups is 1. The van der Waals surface area contributed by atoms with Crippen molar-refractivity contribution in [2.24, 2.45) is 0 Å². The van der Waals surface area contributed by atoms with E-state index in [1.165, 1.54) is 32.1 Å². The van der Waals surface area contributed by atoms with Crippen molar-refractivity contribution in [3.05, 3.63) is 33.9 Å². The molecule has 110 valence electrons. The van der Waals surface area contributed by atoms with E-state index in [1.54, 1.807) is 6.07 Å². The molecule has 0 saturated heterocycles. The SMILES string of the molecule is CCNc1ccc(CSC2CCCCC2)cc1[N+](=O)[O-]. The van der Waals surface area contributed by atoms with Gasteiger partial charge in [0.25, 0.3) is 5.69 Å². The van der Waals surface area contributed by atoms with Crippen LogP contribution in [0.2, 0.25) is 0 Å². The molecule has 1 aliphatic rings. The molecule has 20 heavy (non-hydrogen) atoms. The fourth-order valence-corrected chi connectivity index (χ4v) is 3.88. The highest BCUT2D eigenvalue weighted by atomic mass is 32.2. The van der Waals surface area contributed by atoms with Crippen LogP contribution in [0.3, 0.4) is 0 Å². The lowest BCUT2D eigenvalue weighted by molar-refractivity contribution is -0.384. The van der Waals surface area contributed by atoms with Crippen LogP contribution in [0, 0.1) is 10.1 Å². The first-order valence-corrected chi connectivity index (χ1v) is 8.38. The molecule has 0 aliphatic heterocycles. The Bertz CT molecular complexity index is 459. The molecule has 1 aromatic rings. The van der Waals surface area contributed by atoms with Crippen LogP contribution >= 0.6 is 11.8 Å². The molecule has 1 saturated carbocycles. The first kappa shape index (κ1) is 15.2. The number of anilines is 1. The van der Waals surface area contributed by atoms with Gasteiger partial charge in [-0.3, -0.25) is 10.1 Å². The first-order valence-electron chi connectivity index (χ1n) is 7.33. The normalized spacial score (nSPS) is 16.1. The summed E-state index contributed by atoms with van der Waals surface area (Å²) in [7, 11) is 0. The van der Waals surface area contributed by atoms with Gasteiger partial charge in [-0.15, -0.1) is 0 Å². The van der Waals surface area contributed by atoms with Gasteiger partial charge in [0.2, 0.25) is 0 Å². The van der Waals surface area contributed by atoms with Crippen molar-refractivity contribution < 1.29 is 4.92 Å². The molecule has 2 rings (SSSR count). The maximum Gasteiger partial charge on any atom is 0.292 e. The maximum absolute atomic E-state index is 11.1. The van der Waals surface area contributed by atoms with E-state index in [0.717, 1.165) is 16.6 Å². The highest BCUT2D eigenvalue weighted by molar-refractivity contribution is 7.99. The minimum Gasteiger partial charge on any atom is -0.380 e. The second kappa shape index (κ2) is 7.53. The molecule has 0 atom stereocenters. The number of nitro benzene ring substituents is 1. The fourth-order valence-electron chi connectivity index (χ4n) is 2.60. The number of rotatable bonds is 6. The molecule has 4 nitrogen and oxygen atoms in total. The number of hydrogen-bond donors (Lipinski definition) is 1. The topological polar surface area (TPSA) is 55.2 Å². The second-order valence-electron chi connectivity index (χ2n) is 5.21. The zero-order valence-electron chi connectivity index (χ0n) is 11.9. The van der Waals surface area contributed by atoms with E-state index in [0.29, 0.717) is 12.2 Å². The Kier molecular flexibility index (Phi) is 5.71. The summed E-state index contributed by atoms with van der Waals surface area (Å²) in [4.78, 5) is 10.8. The minimum absolute atomic E-state index is 0.189. The van der Waals surface area contributed by atoms with Crippen LogP contribution in [-0.2, 0) is 5.75 Å². The van der Waals surface area contributed by atoms with Crippen LogP contribution in [0.5, 0.6) is 0 Å². The van der Waals surface area contributed by atoms with Gasteiger partial charge >= 0.3 is 0 Å². The molecule has 1 aromatic carbocycles. The van der Waals surface area contributed by atoms with Crippen molar-refractivity contribution in [2.45, 2.75) is 50.0 Å². The Morgan fingerprint density at radius 1 is 1.35 bits per heavy atom. The van der Waals surface area contributed by atoms with Crippen LogP contribution < -0.4 is 5.32 Å². The predicted octanol–water partition coefficient (Wildman–Crippen LogP) is 4.59. The Morgan fingerprint density at radius 3 is 2.75 bits per heavy atom. The predicted molar refractivity (Wildman–Crippen MR) is 85.4 cm³/mol. The quantitative estimate of drug-likeness (QED) is 0.615. The molecular formula is C15H22N2O2S. The minimum atomic E-state index is -0.299. The standard InChI is InChI=1S/C15H22N2O2S/c1-2-16-14-9-8-12(10-15(14)17(18)19)11-20-13-6-4-3-5-7-13/h8-10,13,16H,2-7,11H2,1H3. The van der Waals surface area contributed by atoms with Gasteiger partial charge in [0, 0.05) is 23.6 Å². The largest absolute Gasteiger partial charge is 0.380 e. The van der Waals surface area contributed by atoms with Crippen LogP contribution in [0.25, 0.3) is 0 Å². The average molecular weight is 294 g/mol. The molecular weight excluding hydrogens is 272 g/mol. The van der Waals surface area contributed by atoms with Crippen molar-refractivity contribution in [1.82, 2.24) is 0 Å². The van der Waals surface area contributed by atoms with Crippen LogP contribution in [0.4, 0.5) is 11.4 Å². The Balaban J connectivity index is 2.00. The van der Waals surface area contributed by atoms with E-state index in [2.05, 4.69) is 5.32 Å². The van der Waals surface area contributed by atoms with E-state index in [9.17, 15) is 10.1 Å². The Hall–Kier alpha value is -1.23. The van der Waals surface area contributed by atoms with E-state index in [4.69, 9.17) is 0 Å². The third-order valence-corrected chi connectivity index (χ3v) is 5.11. The Labute approximate surface area is 124 Å². The number of nitrogens with zero attached hydrogens (tertiary/aromatic N) is 1. The van der Waals surface area contributed by atoms with Gasteiger partial charge in [-0.2, -0.15) is 11.8 Å². The summed E-state index contributed by atoms with van der Waals surface area (Å²) >= 11 is 1.95. The highest BCUT2D eigenvalue weighted by Crippen LogP contribution is 2.32. The summed E-state index contributed by atoms with van der Waals surface area (Å²) in [6.45, 7) is 2.63. The molecule has 0 unspecified atom stereocenters. The number of nitro groups is 1. The average Bonchev–Trinajstić information content (AvgIpc) is 2.47. The lowest BCUT2D eigenvalue weighted by atomic mass is 10.0. The van der Waals surface area contributed by atoms with Crippen LogP contribution in [0.1, 0.15) is 44.6 Å². The molecule has 1 fully saturated rings. The smallest absolute Gasteiger partial charge is 0.292 e. The van der Waals surface area contributed by atoms with Crippen LogP contribution in [-0.4, -0.2) is 16.7 Å². The molecule has 0 radical (unpaired) electrons. The van der Waals surface area contributed by atoms with Gasteiger partial charge < -0.3 is 5.32 Å². The number of nitrogens with one attached hydrogen (secondary N) is 1. The zero-order chi connectivity index (χ0) is 14.4. The molecule has 0 heterocycles. The summed E-state index contributed by atoms with van der Waals surface area (Å²) in [6, 6.07) is 5.55. The summed E-state index contributed by atoms with van der Waals surface area (Å²) in [5.74, 6) is 0.873. The summed E-state index contributed by atoms with van der Waals surface area (Å²) < 4.78 is 0. The van der Waals surface area contributed by atoms with E-state index >= 15 is 0 Å². The number of hydrogen-bond acceptors (Lipinski definition) is 4. The molecule has 1 N–H and O–H groups in total. The molecule has 1 aliphatic carbocycles. The van der Waals surface area contributed by atoms with E-state index < -0.39 is 0 Å². The lowest BCUT2D eigenvalue weighted by Crippen LogP contribution is -2.08. The van der Waals surface area contributed by atoms with Gasteiger partial charge in [-0.05, 0) is 31.4 Å². The van der Waals surface area contributed by atoms with E-state index in [1.807, 2.05) is 30.8 Å². The van der Waals surface area contributed by atoms with Crippen molar-refractivity contribution >= 4 is 23.1 Å². The first-order chi connectivity index (χ1) is 9.70. The van der Waals surface area contributed by atoms with Gasteiger partial charge in [0.15, 0.2) is 0 Å². The van der Waals surface area contributed by atoms with Crippen molar-refractivity contribution in [2.75, 3.05) is 11.9 Å². The monoisotopic (exact) mass is 294 g/mol. The molecule has 0 bridgehead atoms. The summed E-state index contributed by atoms with van der Waals surface area (Å²) in [5, 5.41) is 14.9. The van der Waals surface area contributed by atoms with Crippen LogP contribution in [0.15, 0.2) is 18.2 Å². The second-order valence-corrected chi connectivity index (χ2v) is 6.50. The molecule has 5 heteroatoms. The lowest BCUT2D eigenvalue weighted by Gasteiger charge is -2.20.